The van der Waals surface area contributed by atoms with Crippen LogP contribution >= 0.6 is 0 Å². The predicted octanol–water partition coefficient (Wildman–Crippen LogP) is 3.30. The maximum absolute atomic E-state index is 9.15. The van der Waals surface area contributed by atoms with Crippen LogP contribution in [0.5, 0.6) is 0 Å². The molecule has 0 saturated heterocycles. The van der Waals surface area contributed by atoms with Crippen LogP contribution in [0.3, 0.4) is 0 Å². The highest BCUT2D eigenvalue weighted by Gasteiger charge is 2.37. The molecule has 0 aliphatic heterocycles. The van der Waals surface area contributed by atoms with Gasteiger partial charge < -0.3 is 0 Å². The standard InChI is InChI=1S/C14H10N4/c15-10-14(11-16)9-5-4-8-13(14)18-17-12-6-2-1-3-7-12/h1-9,13H. The van der Waals surface area contributed by atoms with Crippen molar-refractivity contribution in [2.45, 2.75) is 6.04 Å². The van der Waals surface area contributed by atoms with E-state index >= 15 is 0 Å². The summed E-state index contributed by atoms with van der Waals surface area (Å²) in [4.78, 5) is 0. The minimum atomic E-state index is -1.26. The number of hydrogen-bond acceptors (Lipinski definition) is 4. The average Bonchev–Trinajstić information content (AvgIpc) is 2.46. The van der Waals surface area contributed by atoms with E-state index in [0.717, 1.165) is 0 Å². The quantitative estimate of drug-likeness (QED) is 0.736. The van der Waals surface area contributed by atoms with E-state index in [-0.39, 0.29) is 0 Å². The van der Waals surface area contributed by atoms with Crippen molar-refractivity contribution in [3.8, 4) is 12.1 Å². The number of azo groups is 1. The third kappa shape index (κ3) is 2.18. The van der Waals surface area contributed by atoms with Gasteiger partial charge in [0.05, 0.1) is 17.8 Å². The summed E-state index contributed by atoms with van der Waals surface area (Å²) < 4.78 is 0. The largest absolute Gasteiger partial charge is 0.196 e. The number of rotatable bonds is 2. The summed E-state index contributed by atoms with van der Waals surface area (Å²) in [5.41, 5.74) is -0.558. The lowest BCUT2D eigenvalue weighted by Gasteiger charge is -2.20. The highest BCUT2D eigenvalue weighted by atomic mass is 15.1. The molecule has 1 aromatic carbocycles. The fourth-order valence-corrected chi connectivity index (χ4v) is 1.61. The van der Waals surface area contributed by atoms with E-state index in [1.807, 2.05) is 42.5 Å². The van der Waals surface area contributed by atoms with Gasteiger partial charge in [-0.15, -0.1) is 0 Å². The summed E-state index contributed by atoms with van der Waals surface area (Å²) in [5, 5.41) is 26.4. The van der Waals surface area contributed by atoms with Gasteiger partial charge in [0.1, 0.15) is 6.04 Å². The Bertz CT molecular complexity index is 570. The molecule has 0 spiro atoms. The van der Waals surface area contributed by atoms with Crippen LogP contribution in [0.4, 0.5) is 5.69 Å². The van der Waals surface area contributed by atoms with Gasteiger partial charge in [-0.25, -0.2) is 0 Å². The summed E-state index contributed by atoms with van der Waals surface area (Å²) in [6, 6.07) is 12.6. The Labute approximate surface area is 105 Å². The zero-order valence-electron chi connectivity index (χ0n) is 9.56. The van der Waals surface area contributed by atoms with Gasteiger partial charge in [0, 0.05) is 0 Å². The number of nitrogens with zero attached hydrogens (tertiary/aromatic N) is 4. The van der Waals surface area contributed by atoms with Gasteiger partial charge in [-0.05, 0) is 18.2 Å². The molecule has 1 aliphatic carbocycles. The molecule has 1 unspecified atom stereocenters. The van der Waals surface area contributed by atoms with Gasteiger partial charge >= 0.3 is 0 Å². The molecule has 1 aliphatic rings. The molecule has 4 heteroatoms. The van der Waals surface area contributed by atoms with Crippen molar-refractivity contribution in [3.63, 3.8) is 0 Å². The van der Waals surface area contributed by atoms with Gasteiger partial charge in [0.15, 0.2) is 5.41 Å². The summed E-state index contributed by atoms with van der Waals surface area (Å²) in [5.74, 6) is 0. The van der Waals surface area contributed by atoms with Crippen molar-refractivity contribution in [1.29, 1.82) is 10.5 Å². The molecule has 18 heavy (non-hydrogen) atoms. The Morgan fingerprint density at radius 3 is 2.44 bits per heavy atom. The summed E-state index contributed by atoms with van der Waals surface area (Å²) in [7, 11) is 0. The second-order valence-electron chi connectivity index (χ2n) is 3.83. The van der Waals surface area contributed by atoms with E-state index in [2.05, 4.69) is 10.2 Å². The fourth-order valence-electron chi connectivity index (χ4n) is 1.61. The molecular weight excluding hydrogens is 224 g/mol. The normalized spacial score (nSPS) is 20.4. The Kier molecular flexibility index (Phi) is 3.31. The van der Waals surface area contributed by atoms with Gasteiger partial charge in [-0.1, -0.05) is 36.4 Å². The first kappa shape index (κ1) is 11.8. The van der Waals surface area contributed by atoms with Gasteiger partial charge in [-0.2, -0.15) is 20.8 Å². The maximum Gasteiger partial charge on any atom is 0.189 e. The Hall–Kier alpha value is -2.72. The molecule has 1 aromatic rings. The van der Waals surface area contributed by atoms with Crippen LogP contribution < -0.4 is 0 Å². The first-order valence-electron chi connectivity index (χ1n) is 5.45. The molecule has 0 radical (unpaired) electrons. The second-order valence-corrected chi connectivity index (χ2v) is 3.83. The second kappa shape index (κ2) is 5.07. The fraction of sp³-hybridized carbons (Fsp3) is 0.143. The van der Waals surface area contributed by atoms with E-state index < -0.39 is 11.5 Å². The molecular formula is C14H10N4. The van der Waals surface area contributed by atoms with E-state index in [1.54, 1.807) is 24.3 Å². The van der Waals surface area contributed by atoms with E-state index in [1.165, 1.54) is 0 Å². The van der Waals surface area contributed by atoms with E-state index in [0.29, 0.717) is 5.69 Å². The smallest absolute Gasteiger partial charge is 0.189 e. The van der Waals surface area contributed by atoms with Crippen molar-refractivity contribution in [2.24, 2.45) is 15.6 Å². The minimum Gasteiger partial charge on any atom is -0.196 e. The third-order valence-corrected chi connectivity index (χ3v) is 2.65. The van der Waals surface area contributed by atoms with Crippen LogP contribution in [0.2, 0.25) is 0 Å². The Morgan fingerprint density at radius 1 is 1.06 bits per heavy atom. The minimum absolute atomic E-state index is 0.572. The SMILES string of the molecule is N#CC1(C#N)C=CC=CC1N=Nc1ccccc1. The molecule has 0 fully saturated rings. The van der Waals surface area contributed by atoms with Crippen LogP contribution in [0.15, 0.2) is 64.9 Å². The molecule has 0 saturated carbocycles. The first-order chi connectivity index (χ1) is 8.80. The molecule has 4 nitrogen and oxygen atoms in total. The van der Waals surface area contributed by atoms with Crippen molar-refractivity contribution in [2.75, 3.05) is 0 Å². The Morgan fingerprint density at radius 2 is 1.78 bits per heavy atom. The van der Waals surface area contributed by atoms with Gasteiger partial charge in [-0.3, -0.25) is 0 Å². The molecule has 0 N–H and O–H groups in total. The van der Waals surface area contributed by atoms with Crippen molar-refractivity contribution < 1.29 is 0 Å². The summed E-state index contributed by atoms with van der Waals surface area (Å²) >= 11 is 0. The van der Waals surface area contributed by atoms with Crippen molar-refractivity contribution in [1.82, 2.24) is 0 Å². The zero-order valence-corrected chi connectivity index (χ0v) is 9.56. The van der Waals surface area contributed by atoms with Gasteiger partial charge in [0.25, 0.3) is 0 Å². The van der Waals surface area contributed by atoms with Crippen LogP contribution in [-0.2, 0) is 0 Å². The monoisotopic (exact) mass is 234 g/mol. The van der Waals surface area contributed by atoms with Crippen molar-refractivity contribution in [3.05, 3.63) is 54.6 Å². The highest BCUT2D eigenvalue weighted by molar-refractivity contribution is 5.38. The predicted molar refractivity (Wildman–Crippen MR) is 66.7 cm³/mol. The average molecular weight is 234 g/mol. The zero-order chi connectivity index (χ0) is 12.8. The van der Waals surface area contributed by atoms with Gasteiger partial charge in [0.2, 0.25) is 0 Å². The summed E-state index contributed by atoms with van der Waals surface area (Å²) in [6.07, 6.45) is 6.71. The van der Waals surface area contributed by atoms with Crippen LogP contribution in [-0.4, -0.2) is 6.04 Å². The number of allylic oxidation sites excluding steroid dienone is 2. The topological polar surface area (TPSA) is 72.3 Å². The lowest BCUT2D eigenvalue weighted by molar-refractivity contribution is 0.552. The molecule has 0 aromatic heterocycles. The lowest BCUT2D eigenvalue weighted by Crippen LogP contribution is -2.28. The summed E-state index contributed by atoms with van der Waals surface area (Å²) in [6.45, 7) is 0. The third-order valence-electron chi connectivity index (χ3n) is 2.65. The Balaban J connectivity index is 2.26. The molecule has 0 bridgehead atoms. The number of nitriles is 2. The molecule has 1 atom stereocenters. The lowest BCUT2D eigenvalue weighted by atomic mass is 9.81. The first-order valence-corrected chi connectivity index (χ1v) is 5.45. The maximum atomic E-state index is 9.15. The molecule has 0 amide bonds. The highest BCUT2D eigenvalue weighted by Crippen LogP contribution is 2.30. The van der Waals surface area contributed by atoms with Crippen LogP contribution in [0.1, 0.15) is 0 Å². The van der Waals surface area contributed by atoms with Crippen LogP contribution in [0, 0.1) is 28.1 Å². The molecule has 86 valence electrons. The molecule has 0 heterocycles. The number of hydrogen-bond donors (Lipinski definition) is 0. The van der Waals surface area contributed by atoms with Crippen molar-refractivity contribution >= 4 is 5.69 Å². The van der Waals surface area contributed by atoms with E-state index in [9.17, 15) is 0 Å². The van der Waals surface area contributed by atoms with E-state index in [4.69, 9.17) is 10.5 Å². The molecule has 2 rings (SSSR count). The number of benzene rings is 1. The van der Waals surface area contributed by atoms with Crippen LogP contribution in [0.25, 0.3) is 0 Å².